The molecule has 0 saturated heterocycles. The van der Waals surface area contributed by atoms with Crippen molar-refractivity contribution in [3.05, 3.63) is 70.5 Å². The van der Waals surface area contributed by atoms with Gasteiger partial charge in [0.25, 0.3) is 0 Å². The summed E-state index contributed by atoms with van der Waals surface area (Å²) in [6, 6.07) is 13.9. The van der Waals surface area contributed by atoms with Crippen LogP contribution in [0.1, 0.15) is 37.5 Å². The van der Waals surface area contributed by atoms with Gasteiger partial charge in [-0.05, 0) is 48.7 Å². The van der Waals surface area contributed by atoms with E-state index in [0.717, 1.165) is 28.1 Å². The van der Waals surface area contributed by atoms with Crippen LogP contribution in [0.2, 0.25) is 0 Å². The van der Waals surface area contributed by atoms with Gasteiger partial charge in [-0.2, -0.15) is 0 Å². The van der Waals surface area contributed by atoms with E-state index in [1.54, 1.807) is 5.01 Å². The fourth-order valence-electron chi connectivity index (χ4n) is 3.87. The number of benzene rings is 2. The Morgan fingerprint density at radius 2 is 1.63 bits per heavy atom. The van der Waals surface area contributed by atoms with Crippen LogP contribution in [0.5, 0.6) is 11.5 Å². The Kier molecular flexibility index (Phi) is 9.27. The van der Waals surface area contributed by atoms with E-state index < -0.39 is 12.2 Å². The van der Waals surface area contributed by atoms with Crippen LogP contribution in [0.3, 0.4) is 0 Å². The van der Waals surface area contributed by atoms with Gasteiger partial charge in [0, 0.05) is 11.1 Å². The van der Waals surface area contributed by atoms with Crippen LogP contribution in [-0.2, 0) is 5.41 Å². The number of aliphatic hydroxyl groups excluding tert-OH is 3. The first kappa shape index (κ1) is 27.1. The van der Waals surface area contributed by atoms with Gasteiger partial charge in [0.15, 0.2) is 0 Å². The highest BCUT2D eigenvalue weighted by atomic mass is 35.5. The van der Waals surface area contributed by atoms with Crippen LogP contribution in [0, 0.1) is 6.92 Å². The largest absolute Gasteiger partial charge is 0.491 e. The molecule has 0 radical (unpaired) electrons. The minimum atomic E-state index is -0.748. The Balaban J connectivity index is 1.59. The molecule has 2 atom stereocenters. The number of aryl methyl sites for hydroxylation is 1. The number of nitrogens with one attached hydrogen (secondary N) is 2. The number of nitrogens with zero attached hydrogens (tertiary/aromatic N) is 1. The van der Waals surface area contributed by atoms with Gasteiger partial charge in [-0.3, -0.25) is 5.01 Å². The monoisotopic (exact) mass is 505 g/mol. The van der Waals surface area contributed by atoms with Gasteiger partial charge in [0.1, 0.15) is 36.9 Å². The van der Waals surface area contributed by atoms with Gasteiger partial charge in [-0.15, -0.1) is 17.1 Å². The molecule has 0 aromatic heterocycles. The zero-order valence-corrected chi connectivity index (χ0v) is 21.5. The van der Waals surface area contributed by atoms with Crippen molar-refractivity contribution in [3.63, 3.8) is 0 Å². The maximum Gasteiger partial charge on any atom is 0.122 e. The first-order valence-electron chi connectivity index (χ1n) is 11.6. The van der Waals surface area contributed by atoms with Gasteiger partial charge < -0.3 is 30.2 Å². The quantitative estimate of drug-likeness (QED) is 0.280. The van der Waals surface area contributed by atoms with Crippen LogP contribution in [0.15, 0.2) is 53.9 Å². The van der Waals surface area contributed by atoms with Crippen molar-refractivity contribution in [3.8, 4) is 11.5 Å². The number of ether oxygens (including phenoxy) is 2. The molecule has 0 amide bonds. The summed E-state index contributed by atoms with van der Waals surface area (Å²) in [5.41, 5.74) is 10.3. The van der Waals surface area contributed by atoms with E-state index in [4.69, 9.17) is 21.1 Å². The van der Waals surface area contributed by atoms with Crippen molar-refractivity contribution in [2.75, 3.05) is 32.2 Å². The van der Waals surface area contributed by atoms with Crippen molar-refractivity contribution < 1.29 is 24.8 Å². The maximum absolute atomic E-state index is 10.4. The summed E-state index contributed by atoms with van der Waals surface area (Å²) < 4.78 is 11.5. The molecular formula is C26H36ClN3O5. The predicted octanol–water partition coefficient (Wildman–Crippen LogP) is 2.59. The summed E-state index contributed by atoms with van der Waals surface area (Å²) in [6.07, 6.45) is -1.44. The zero-order chi connectivity index (χ0) is 25.6. The number of hydrogen-bond donors (Lipinski definition) is 5. The molecule has 192 valence electrons. The van der Waals surface area contributed by atoms with Crippen molar-refractivity contribution in [2.24, 2.45) is 0 Å². The lowest BCUT2D eigenvalue weighted by Gasteiger charge is -2.27. The van der Waals surface area contributed by atoms with Crippen LogP contribution < -0.4 is 20.4 Å². The molecule has 9 heteroatoms. The molecule has 2 aromatic rings. The molecule has 2 aromatic carbocycles. The number of halogens is 1. The van der Waals surface area contributed by atoms with Crippen molar-refractivity contribution >= 4 is 11.6 Å². The molecule has 0 saturated carbocycles. The third-order valence-corrected chi connectivity index (χ3v) is 6.56. The molecule has 8 nitrogen and oxygen atoms in total. The predicted molar refractivity (Wildman–Crippen MR) is 136 cm³/mol. The molecule has 5 N–H and O–H groups in total. The van der Waals surface area contributed by atoms with Gasteiger partial charge in [-0.25, -0.2) is 0 Å². The molecule has 1 aliphatic heterocycles. The zero-order valence-electron chi connectivity index (χ0n) is 20.7. The summed E-state index contributed by atoms with van der Waals surface area (Å²) >= 11 is 5.64. The van der Waals surface area contributed by atoms with Crippen LogP contribution in [0.4, 0.5) is 0 Å². The highest BCUT2D eigenvalue weighted by molar-refractivity contribution is 6.18. The Hall–Kier alpha value is -2.49. The van der Waals surface area contributed by atoms with E-state index in [9.17, 15) is 15.3 Å². The van der Waals surface area contributed by atoms with E-state index in [2.05, 4.69) is 30.9 Å². The van der Waals surface area contributed by atoms with E-state index >= 15 is 0 Å². The number of allylic oxidation sites excluding steroid dienone is 1. The molecule has 0 aliphatic carbocycles. The number of rotatable bonds is 12. The van der Waals surface area contributed by atoms with E-state index in [0.29, 0.717) is 11.4 Å². The summed E-state index contributed by atoms with van der Waals surface area (Å²) in [5, 5.41) is 31.1. The summed E-state index contributed by atoms with van der Waals surface area (Å²) in [6.45, 7) is 8.58. The molecule has 0 spiro atoms. The molecule has 1 heterocycles. The minimum Gasteiger partial charge on any atom is -0.491 e. The smallest absolute Gasteiger partial charge is 0.122 e. The summed E-state index contributed by atoms with van der Waals surface area (Å²) in [5.74, 6) is 1.54. The highest BCUT2D eigenvalue weighted by Gasteiger charge is 2.25. The van der Waals surface area contributed by atoms with Crippen molar-refractivity contribution in [2.45, 2.75) is 45.3 Å². The second-order valence-electron chi connectivity index (χ2n) is 9.29. The SMILES string of the molecule is CC1=C(CO)N(CC(O)COc2ccc(C(C)(C)c3ccc(OCC(O)CCl)c(C)c3)cc2)NN1. The standard InChI is InChI=1S/C26H36ClN3O5/c1-17-11-20(7-10-25(17)35-15-21(32)12-27)26(3,4)19-5-8-23(9-6-19)34-16-22(33)13-30-24(14-31)18(2)28-29-30/h5-11,21-22,28-29,31-33H,12-16H2,1-4H3. The second kappa shape index (κ2) is 12.0. The average molecular weight is 506 g/mol. The number of hydrogen-bond acceptors (Lipinski definition) is 8. The Bertz CT molecular complexity index is 1010. The van der Waals surface area contributed by atoms with E-state index in [1.807, 2.05) is 50.2 Å². The third-order valence-electron chi connectivity index (χ3n) is 6.20. The fraction of sp³-hybridized carbons (Fsp3) is 0.462. The lowest BCUT2D eigenvalue weighted by atomic mass is 9.77. The Morgan fingerprint density at radius 1 is 0.971 bits per heavy atom. The van der Waals surface area contributed by atoms with Gasteiger partial charge in [0.05, 0.1) is 24.7 Å². The third kappa shape index (κ3) is 6.80. The van der Waals surface area contributed by atoms with Gasteiger partial charge in [0.2, 0.25) is 0 Å². The van der Waals surface area contributed by atoms with Gasteiger partial charge in [-0.1, -0.05) is 38.1 Å². The normalized spacial score (nSPS) is 15.7. The topological polar surface area (TPSA) is 106 Å². The van der Waals surface area contributed by atoms with Crippen molar-refractivity contribution in [1.29, 1.82) is 0 Å². The minimum absolute atomic E-state index is 0.122. The lowest BCUT2D eigenvalue weighted by Crippen LogP contribution is -2.44. The Labute approximate surface area is 212 Å². The number of β-amino-alcohol motifs (C(OH)–C–C–N with tert-alkyl or cyclic N) is 1. The molecule has 1 aliphatic rings. The average Bonchev–Trinajstić information content (AvgIpc) is 3.20. The van der Waals surface area contributed by atoms with E-state index in [1.165, 1.54) is 0 Å². The fourth-order valence-corrected chi connectivity index (χ4v) is 3.96. The molecular weight excluding hydrogens is 470 g/mol. The summed E-state index contributed by atoms with van der Waals surface area (Å²) in [4.78, 5) is 0. The highest BCUT2D eigenvalue weighted by Crippen LogP contribution is 2.34. The molecule has 2 unspecified atom stereocenters. The van der Waals surface area contributed by atoms with Crippen molar-refractivity contribution in [1.82, 2.24) is 16.0 Å². The number of alkyl halides is 1. The maximum atomic E-state index is 10.4. The lowest BCUT2D eigenvalue weighted by molar-refractivity contribution is 0.0599. The van der Waals surface area contributed by atoms with Crippen LogP contribution in [0.25, 0.3) is 0 Å². The molecule has 0 bridgehead atoms. The molecule has 0 fully saturated rings. The number of aliphatic hydroxyl groups is 3. The molecule has 35 heavy (non-hydrogen) atoms. The number of hydrazine groups is 2. The van der Waals surface area contributed by atoms with Crippen LogP contribution >= 0.6 is 11.6 Å². The summed E-state index contributed by atoms with van der Waals surface area (Å²) in [7, 11) is 0. The first-order valence-corrected chi connectivity index (χ1v) is 12.2. The Morgan fingerprint density at radius 3 is 2.26 bits per heavy atom. The van der Waals surface area contributed by atoms with Gasteiger partial charge >= 0.3 is 0 Å². The molecule has 3 rings (SSSR count). The van der Waals surface area contributed by atoms with Crippen LogP contribution in [-0.4, -0.2) is 64.8 Å². The van der Waals surface area contributed by atoms with E-state index in [-0.39, 0.29) is 37.7 Å². The first-order chi connectivity index (χ1) is 16.6. The second-order valence-corrected chi connectivity index (χ2v) is 9.60.